The molecule has 0 bridgehead atoms. The van der Waals surface area contributed by atoms with E-state index in [-0.39, 0.29) is 0 Å². The normalized spacial score (nSPS) is 18.8. The van der Waals surface area contributed by atoms with Crippen LogP contribution in [0.15, 0.2) is 24.3 Å². The van der Waals surface area contributed by atoms with Crippen molar-refractivity contribution in [2.45, 2.75) is 38.7 Å². The molecular formula is C16H25NO2. The molecule has 0 saturated carbocycles. The Bertz CT molecular complexity index is 356. The molecule has 0 aliphatic carbocycles. The van der Waals surface area contributed by atoms with Crippen molar-refractivity contribution in [1.29, 1.82) is 0 Å². The van der Waals surface area contributed by atoms with E-state index in [2.05, 4.69) is 11.8 Å². The number of aryl methyl sites for hydroxylation is 1. The average Bonchev–Trinajstić information content (AvgIpc) is 2.67. The first-order valence-electron chi connectivity index (χ1n) is 7.34. The highest BCUT2D eigenvalue weighted by Gasteiger charge is 2.14. The van der Waals surface area contributed by atoms with Gasteiger partial charge in [0.2, 0.25) is 0 Å². The summed E-state index contributed by atoms with van der Waals surface area (Å²) in [6.45, 7) is 5.38. The topological polar surface area (TPSA) is 32.7 Å². The van der Waals surface area contributed by atoms with Gasteiger partial charge in [0.05, 0.1) is 0 Å². The highest BCUT2D eigenvalue weighted by atomic mass is 16.5. The van der Waals surface area contributed by atoms with Crippen molar-refractivity contribution in [3.05, 3.63) is 29.8 Å². The quantitative estimate of drug-likeness (QED) is 0.886. The van der Waals surface area contributed by atoms with Gasteiger partial charge in [0, 0.05) is 6.54 Å². The molecule has 1 aromatic carbocycles. The van der Waals surface area contributed by atoms with Crippen LogP contribution in [0.25, 0.3) is 0 Å². The van der Waals surface area contributed by atoms with Crippen LogP contribution in [-0.2, 0) is 0 Å². The van der Waals surface area contributed by atoms with Gasteiger partial charge in [-0.1, -0.05) is 30.5 Å². The molecule has 1 heterocycles. The monoisotopic (exact) mass is 263 g/mol. The number of aliphatic hydroxyl groups is 1. The van der Waals surface area contributed by atoms with Gasteiger partial charge >= 0.3 is 0 Å². The summed E-state index contributed by atoms with van der Waals surface area (Å²) in [6.07, 6.45) is 4.76. The molecule has 0 radical (unpaired) electrons. The minimum Gasteiger partial charge on any atom is -0.491 e. The van der Waals surface area contributed by atoms with Crippen LogP contribution in [0.5, 0.6) is 5.75 Å². The van der Waals surface area contributed by atoms with Crippen molar-refractivity contribution >= 4 is 0 Å². The fourth-order valence-electron chi connectivity index (χ4n) is 2.50. The van der Waals surface area contributed by atoms with Gasteiger partial charge in [0.25, 0.3) is 0 Å². The summed E-state index contributed by atoms with van der Waals surface area (Å²) in [6, 6.07) is 7.95. The van der Waals surface area contributed by atoms with Crippen molar-refractivity contribution in [3.63, 3.8) is 0 Å². The number of ether oxygens (including phenoxy) is 1. The van der Waals surface area contributed by atoms with Crippen molar-refractivity contribution in [1.82, 2.24) is 4.90 Å². The fraction of sp³-hybridized carbons (Fsp3) is 0.625. The van der Waals surface area contributed by atoms with E-state index in [0.717, 1.165) is 25.4 Å². The minimum atomic E-state index is -0.403. The van der Waals surface area contributed by atoms with Gasteiger partial charge in [-0.15, -0.1) is 0 Å². The van der Waals surface area contributed by atoms with E-state index in [1.807, 2.05) is 24.3 Å². The third kappa shape index (κ3) is 5.21. The van der Waals surface area contributed by atoms with Crippen LogP contribution in [0, 0.1) is 6.92 Å². The van der Waals surface area contributed by atoms with E-state index in [9.17, 15) is 5.11 Å². The number of hydrogen-bond acceptors (Lipinski definition) is 3. The van der Waals surface area contributed by atoms with Gasteiger partial charge in [0.1, 0.15) is 18.5 Å². The van der Waals surface area contributed by atoms with Crippen LogP contribution in [0.3, 0.4) is 0 Å². The predicted octanol–water partition coefficient (Wildman–Crippen LogP) is 2.61. The molecular weight excluding hydrogens is 238 g/mol. The lowest BCUT2D eigenvalue weighted by Crippen LogP contribution is -2.36. The fourth-order valence-corrected chi connectivity index (χ4v) is 2.50. The van der Waals surface area contributed by atoms with Crippen LogP contribution in [-0.4, -0.2) is 42.4 Å². The second-order valence-corrected chi connectivity index (χ2v) is 5.49. The minimum absolute atomic E-state index is 0.375. The van der Waals surface area contributed by atoms with Crippen molar-refractivity contribution in [3.8, 4) is 5.75 Å². The molecule has 1 N–H and O–H groups in total. The Morgan fingerprint density at radius 3 is 2.37 bits per heavy atom. The largest absolute Gasteiger partial charge is 0.491 e. The molecule has 0 amide bonds. The van der Waals surface area contributed by atoms with Gasteiger partial charge in [-0.25, -0.2) is 0 Å². The van der Waals surface area contributed by atoms with E-state index < -0.39 is 6.10 Å². The number of aliphatic hydroxyl groups excluding tert-OH is 1. The lowest BCUT2D eigenvalue weighted by molar-refractivity contribution is 0.0693. The Kier molecular flexibility index (Phi) is 5.67. The van der Waals surface area contributed by atoms with Crippen LogP contribution in [0.4, 0.5) is 0 Å². The Morgan fingerprint density at radius 2 is 1.74 bits per heavy atom. The molecule has 0 spiro atoms. The molecule has 0 unspecified atom stereocenters. The van der Waals surface area contributed by atoms with E-state index in [1.165, 1.54) is 31.2 Å². The van der Waals surface area contributed by atoms with Crippen LogP contribution < -0.4 is 4.74 Å². The second-order valence-electron chi connectivity index (χ2n) is 5.49. The lowest BCUT2D eigenvalue weighted by Gasteiger charge is -2.23. The maximum Gasteiger partial charge on any atom is 0.119 e. The zero-order valence-corrected chi connectivity index (χ0v) is 11.8. The third-order valence-electron chi connectivity index (χ3n) is 3.63. The molecule has 106 valence electrons. The standard InChI is InChI=1S/C16H25NO2/c1-14-6-8-16(9-7-14)19-13-15(18)12-17-10-4-2-3-5-11-17/h6-9,15,18H,2-5,10-13H2,1H3/t15-/m1/s1. The van der Waals surface area contributed by atoms with Crippen LogP contribution >= 0.6 is 0 Å². The first-order valence-corrected chi connectivity index (χ1v) is 7.34. The maximum atomic E-state index is 10.0. The first-order chi connectivity index (χ1) is 9.24. The predicted molar refractivity (Wildman–Crippen MR) is 77.6 cm³/mol. The Labute approximate surface area is 116 Å². The number of nitrogens with zero attached hydrogens (tertiary/aromatic N) is 1. The summed E-state index contributed by atoms with van der Waals surface area (Å²) in [5.74, 6) is 0.834. The van der Waals surface area contributed by atoms with Gasteiger partial charge < -0.3 is 14.7 Å². The van der Waals surface area contributed by atoms with Crippen molar-refractivity contribution in [2.24, 2.45) is 0 Å². The highest BCUT2D eigenvalue weighted by molar-refractivity contribution is 5.26. The van der Waals surface area contributed by atoms with E-state index >= 15 is 0 Å². The number of β-amino-alcohol motifs (C(OH)–C–C–N with tert-alkyl or cyclic N) is 1. The zero-order valence-electron chi connectivity index (χ0n) is 11.8. The van der Waals surface area contributed by atoms with Gasteiger partial charge in [0.15, 0.2) is 0 Å². The van der Waals surface area contributed by atoms with E-state index in [1.54, 1.807) is 0 Å². The zero-order chi connectivity index (χ0) is 13.5. The molecule has 1 aromatic rings. The first kappa shape index (κ1) is 14.4. The van der Waals surface area contributed by atoms with E-state index in [0.29, 0.717) is 6.61 Å². The molecule has 1 atom stereocenters. The van der Waals surface area contributed by atoms with Gasteiger partial charge in [-0.2, -0.15) is 0 Å². The van der Waals surface area contributed by atoms with Crippen molar-refractivity contribution in [2.75, 3.05) is 26.2 Å². The summed E-state index contributed by atoms with van der Waals surface area (Å²) in [7, 11) is 0. The van der Waals surface area contributed by atoms with Crippen LogP contribution in [0.2, 0.25) is 0 Å². The lowest BCUT2D eigenvalue weighted by atomic mass is 10.2. The smallest absolute Gasteiger partial charge is 0.119 e. The average molecular weight is 263 g/mol. The number of rotatable bonds is 5. The summed E-state index contributed by atoms with van der Waals surface area (Å²) in [5, 5.41) is 10.0. The summed E-state index contributed by atoms with van der Waals surface area (Å²) in [4.78, 5) is 2.36. The van der Waals surface area contributed by atoms with Gasteiger partial charge in [-0.3, -0.25) is 0 Å². The molecule has 1 fully saturated rings. The molecule has 1 saturated heterocycles. The Balaban J connectivity index is 1.71. The second kappa shape index (κ2) is 7.51. The summed E-state index contributed by atoms with van der Waals surface area (Å²) < 4.78 is 5.62. The SMILES string of the molecule is Cc1ccc(OC[C@H](O)CN2CCCCCC2)cc1. The highest BCUT2D eigenvalue weighted by Crippen LogP contribution is 2.13. The summed E-state index contributed by atoms with van der Waals surface area (Å²) in [5.41, 5.74) is 1.22. The van der Waals surface area contributed by atoms with Crippen LogP contribution in [0.1, 0.15) is 31.2 Å². The molecule has 0 aromatic heterocycles. The number of likely N-dealkylation sites (tertiary alicyclic amines) is 1. The Morgan fingerprint density at radius 1 is 1.11 bits per heavy atom. The molecule has 3 heteroatoms. The Hall–Kier alpha value is -1.06. The molecule has 1 aliphatic rings. The molecule has 3 nitrogen and oxygen atoms in total. The third-order valence-corrected chi connectivity index (χ3v) is 3.63. The molecule has 2 rings (SSSR count). The van der Waals surface area contributed by atoms with Gasteiger partial charge in [-0.05, 0) is 45.0 Å². The van der Waals surface area contributed by atoms with Crippen molar-refractivity contribution < 1.29 is 9.84 Å². The number of hydrogen-bond donors (Lipinski definition) is 1. The van der Waals surface area contributed by atoms with E-state index in [4.69, 9.17) is 4.74 Å². The summed E-state index contributed by atoms with van der Waals surface area (Å²) >= 11 is 0. The molecule has 1 aliphatic heterocycles. The number of benzene rings is 1. The molecule has 19 heavy (non-hydrogen) atoms. The maximum absolute atomic E-state index is 10.0.